The van der Waals surface area contributed by atoms with Crippen LogP contribution in [0.3, 0.4) is 0 Å². The van der Waals surface area contributed by atoms with Crippen LogP contribution in [0.5, 0.6) is 0 Å². The number of thiophene rings is 1. The van der Waals surface area contributed by atoms with E-state index in [0.717, 1.165) is 13.8 Å². The van der Waals surface area contributed by atoms with Crippen molar-refractivity contribution in [1.29, 1.82) is 0 Å². The Hall–Kier alpha value is -0.650. The van der Waals surface area contributed by atoms with E-state index < -0.39 is 0 Å². The van der Waals surface area contributed by atoms with Crippen molar-refractivity contribution in [3.8, 4) is 0 Å². The highest BCUT2D eigenvalue weighted by Gasteiger charge is 2.07. The molecule has 2 nitrogen and oxygen atoms in total. The van der Waals surface area contributed by atoms with Crippen LogP contribution in [0, 0.1) is 0 Å². The minimum Gasteiger partial charge on any atom is -0.347 e. The molecule has 0 aliphatic heterocycles. The molecule has 0 bridgehead atoms. The first kappa shape index (κ1) is 12.8. The lowest BCUT2D eigenvalue weighted by Gasteiger charge is -2.03. The number of nitrogens with one attached hydrogen (secondary N) is 1. The molecule has 0 radical (unpaired) electrons. The molecule has 17 heavy (non-hydrogen) atoms. The molecule has 0 saturated carbocycles. The second-order valence-electron chi connectivity index (χ2n) is 3.41. The van der Waals surface area contributed by atoms with Gasteiger partial charge in [-0.05, 0) is 45.8 Å². The summed E-state index contributed by atoms with van der Waals surface area (Å²) in [4.78, 5) is 12.5. The Labute approximate surface area is 120 Å². The summed E-state index contributed by atoms with van der Waals surface area (Å²) in [5, 5.41) is 2.88. The van der Waals surface area contributed by atoms with Crippen LogP contribution in [0.15, 0.2) is 44.7 Å². The Bertz CT molecular complexity index is 522. The maximum absolute atomic E-state index is 11.8. The molecule has 1 aromatic heterocycles. The fraction of sp³-hybridized carbons (Fsp3) is 0.0833. The van der Waals surface area contributed by atoms with Gasteiger partial charge >= 0.3 is 0 Å². The number of hydrogen-bond acceptors (Lipinski definition) is 2. The van der Waals surface area contributed by atoms with Gasteiger partial charge < -0.3 is 5.32 Å². The molecule has 2 rings (SSSR count). The van der Waals surface area contributed by atoms with Crippen LogP contribution in [0.25, 0.3) is 0 Å². The summed E-state index contributed by atoms with van der Waals surface area (Å²) in [5.74, 6) is -0.0383. The molecule has 0 atom stereocenters. The molecule has 1 aromatic carbocycles. The molecule has 0 aliphatic rings. The molecule has 1 heterocycles. The van der Waals surface area contributed by atoms with Gasteiger partial charge in [-0.2, -0.15) is 0 Å². The summed E-state index contributed by atoms with van der Waals surface area (Å²) in [6, 6.07) is 11.6. The summed E-state index contributed by atoms with van der Waals surface area (Å²) >= 11 is 8.14. The van der Waals surface area contributed by atoms with Crippen molar-refractivity contribution in [3.05, 3.63) is 55.1 Å². The first-order valence-electron chi connectivity index (χ1n) is 4.93. The number of carbonyl (C=O) groups excluding carboxylic acids is 1. The lowest BCUT2D eigenvalue weighted by Crippen LogP contribution is -2.21. The Morgan fingerprint density at radius 3 is 2.41 bits per heavy atom. The number of hydrogen-bond donors (Lipinski definition) is 1. The van der Waals surface area contributed by atoms with E-state index in [1.807, 2.05) is 36.4 Å². The maximum Gasteiger partial charge on any atom is 0.261 e. The van der Waals surface area contributed by atoms with Crippen molar-refractivity contribution in [3.63, 3.8) is 0 Å². The summed E-state index contributed by atoms with van der Waals surface area (Å²) in [6.07, 6.45) is 0. The predicted molar refractivity (Wildman–Crippen MR) is 77.3 cm³/mol. The SMILES string of the molecule is O=C(NCc1ccc(Br)cc1)c1ccc(Br)s1. The third-order valence-corrected chi connectivity index (χ3v) is 4.31. The summed E-state index contributed by atoms with van der Waals surface area (Å²) in [6.45, 7) is 0.543. The van der Waals surface area contributed by atoms with Gasteiger partial charge in [0.2, 0.25) is 0 Å². The number of amides is 1. The molecule has 0 aliphatic carbocycles. The maximum atomic E-state index is 11.8. The molecule has 5 heteroatoms. The minimum absolute atomic E-state index is 0.0383. The van der Waals surface area contributed by atoms with Gasteiger partial charge in [0, 0.05) is 11.0 Å². The molecular formula is C12H9Br2NOS. The Morgan fingerprint density at radius 2 is 1.82 bits per heavy atom. The quantitative estimate of drug-likeness (QED) is 0.856. The van der Waals surface area contributed by atoms with E-state index in [0.29, 0.717) is 11.4 Å². The second kappa shape index (κ2) is 5.80. The van der Waals surface area contributed by atoms with Crippen LogP contribution in [-0.4, -0.2) is 5.91 Å². The third kappa shape index (κ3) is 3.66. The van der Waals surface area contributed by atoms with E-state index in [4.69, 9.17) is 0 Å². The van der Waals surface area contributed by atoms with Crippen LogP contribution >= 0.6 is 43.2 Å². The summed E-state index contributed by atoms with van der Waals surface area (Å²) in [7, 11) is 0. The lowest BCUT2D eigenvalue weighted by atomic mass is 10.2. The zero-order valence-electron chi connectivity index (χ0n) is 8.74. The molecule has 1 N–H and O–H groups in total. The molecule has 0 saturated heterocycles. The predicted octanol–water partition coefficient (Wildman–Crippen LogP) is 4.20. The van der Waals surface area contributed by atoms with Crippen LogP contribution < -0.4 is 5.32 Å². The number of carbonyl (C=O) groups is 1. The average molecular weight is 375 g/mol. The number of rotatable bonds is 3. The third-order valence-electron chi connectivity index (χ3n) is 2.16. The van der Waals surface area contributed by atoms with E-state index in [-0.39, 0.29) is 5.91 Å². The van der Waals surface area contributed by atoms with Gasteiger partial charge in [-0.3, -0.25) is 4.79 Å². The normalized spacial score (nSPS) is 10.2. The van der Waals surface area contributed by atoms with Gasteiger partial charge in [-0.1, -0.05) is 28.1 Å². The lowest BCUT2D eigenvalue weighted by molar-refractivity contribution is 0.0955. The Kier molecular flexibility index (Phi) is 4.36. The number of halogens is 2. The molecule has 0 spiro atoms. The minimum atomic E-state index is -0.0383. The number of benzene rings is 1. The molecule has 88 valence electrons. The molecule has 0 fully saturated rings. The highest BCUT2D eigenvalue weighted by Crippen LogP contribution is 2.21. The van der Waals surface area contributed by atoms with Crippen LogP contribution in [-0.2, 0) is 6.54 Å². The van der Waals surface area contributed by atoms with Gasteiger partial charge in [-0.25, -0.2) is 0 Å². The monoisotopic (exact) mass is 373 g/mol. The van der Waals surface area contributed by atoms with Crippen LogP contribution in [0.1, 0.15) is 15.2 Å². The van der Waals surface area contributed by atoms with E-state index >= 15 is 0 Å². The van der Waals surface area contributed by atoms with Crippen molar-refractivity contribution in [2.24, 2.45) is 0 Å². The summed E-state index contributed by atoms with van der Waals surface area (Å²) in [5.41, 5.74) is 1.08. The fourth-order valence-electron chi connectivity index (χ4n) is 1.31. The van der Waals surface area contributed by atoms with Crippen LogP contribution in [0.4, 0.5) is 0 Å². The van der Waals surface area contributed by atoms with E-state index in [9.17, 15) is 4.79 Å². The average Bonchev–Trinajstić information content (AvgIpc) is 2.75. The smallest absolute Gasteiger partial charge is 0.261 e. The second-order valence-corrected chi connectivity index (χ2v) is 6.79. The van der Waals surface area contributed by atoms with Crippen molar-refractivity contribution in [2.75, 3.05) is 0 Å². The topological polar surface area (TPSA) is 29.1 Å². The molecule has 0 unspecified atom stereocenters. The van der Waals surface area contributed by atoms with Gasteiger partial charge in [0.05, 0.1) is 8.66 Å². The van der Waals surface area contributed by atoms with Gasteiger partial charge in [0.25, 0.3) is 5.91 Å². The van der Waals surface area contributed by atoms with Gasteiger partial charge in [0.15, 0.2) is 0 Å². The molecule has 1 amide bonds. The van der Waals surface area contributed by atoms with Crippen molar-refractivity contribution >= 4 is 49.1 Å². The van der Waals surface area contributed by atoms with Gasteiger partial charge in [0.1, 0.15) is 0 Å². The zero-order chi connectivity index (χ0) is 12.3. The zero-order valence-corrected chi connectivity index (χ0v) is 12.7. The van der Waals surface area contributed by atoms with E-state index in [1.165, 1.54) is 11.3 Å². The first-order valence-corrected chi connectivity index (χ1v) is 7.33. The highest BCUT2D eigenvalue weighted by molar-refractivity contribution is 9.11. The van der Waals surface area contributed by atoms with Crippen molar-refractivity contribution in [1.82, 2.24) is 5.32 Å². The Balaban J connectivity index is 1.94. The van der Waals surface area contributed by atoms with Crippen LogP contribution in [0.2, 0.25) is 0 Å². The Morgan fingerprint density at radius 1 is 1.12 bits per heavy atom. The van der Waals surface area contributed by atoms with E-state index in [1.54, 1.807) is 0 Å². The largest absolute Gasteiger partial charge is 0.347 e. The summed E-state index contributed by atoms with van der Waals surface area (Å²) < 4.78 is 2.00. The highest BCUT2D eigenvalue weighted by atomic mass is 79.9. The van der Waals surface area contributed by atoms with Crippen molar-refractivity contribution < 1.29 is 4.79 Å². The first-order chi connectivity index (χ1) is 8.15. The fourth-order valence-corrected chi connectivity index (χ4v) is 2.87. The standard InChI is InChI=1S/C12H9Br2NOS/c13-9-3-1-8(2-4-9)7-15-12(16)10-5-6-11(14)17-10/h1-6H,7H2,(H,15,16). The van der Waals surface area contributed by atoms with Crippen molar-refractivity contribution in [2.45, 2.75) is 6.54 Å². The molecular weight excluding hydrogens is 366 g/mol. The van der Waals surface area contributed by atoms with E-state index in [2.05, 4.69) is 37.2 Å². The van der Waals surface area contributed by atoms with Gasteiger partial charge in [-0.15, -0.1) is 11.3 Å². The molecule has 2 aromatic rings.